The van der Waals surface area contributed by atoms with Crippen LogP contribution in [0.15, 0.2) is 18.2 Å². The van der Waals surface area contributed by atoms with Gasteiger partial charge in [0, 0.05) is 17.8 Å². The molecule has 4 nitrogen and oxygen atoms in total. The normalized spacial score (nSPS) is 22.1. The summed E-state index contributed by atoms with van der Waals surface area (Å²) < 4.78 is 18.3. The van der Waals surface area contributed by atoms with Crippen LogP contribution >= 0.6 is 0 Å². The highest BCUT2D eigenvalue weighted by Gasteiger charge is 2.46. The summed E-state index contributed by atoms with van der Waals surface area (Å²) in [4.78, 5) is 0. The highest BCUT2D eigenvalue weighted by Crippen LogP contribution is 2.44. The van der Waals surface area contributed by atoms with Crippen LogP contribution in [0.5, 0.6) is 5.75 Å². The van der Waals surface area contributed by atoms with Crippen molar-refractivity contribution in [2.45, 2.75) is 58.5 Å². The SMILES string of the molecule is C#CCOC1C(OC(C)C)c2cc(NCC)ccc2OC1(C)C. The van der Waals surface area contributed by atoms with Crippen LogP contribution in [0.4, 0.5) is 5.69 Å². The highest BCUT2D eigenvalue weighted by atomic mass is 16.6. The van der Waals surface area contributed by atoms with E-state index >= 15 is 0 Å². The summed E-state index contributed by atoms with van der Waals surface area (Å²) >= 11 is 0. The fourth-order valence-corrected chi connectivity index (χ4v) is 2.91. The van der Waals surface area contributed by atoms with Crippen molar-refractivity contribution in [1.29, 1.82) is 0 Å². The second kappa shape index (κ2) is 7.25. The maximum Gasteiger partial charge on any atom is 0.132 e. The fourth-order valence-electron chi connectivity index (χ4n) is 2.91. The smallest absolute Gasteiger partial charge is 0.132 e. The van der Waals surface area contributed by atoms with Crippen LogP contribution in [0.2, 0.25) is 0 Å². The largest absolute Gasteiger partial charge is 0.485 e. The third kappa shape index (κ3) is 3.99. The Labute approximate surface area is 139 Å². The third-order valence-corrected chi connectivity index (χ3v) is 3.80. The van der Waals surface area contributed by atoms with Crippen molar-refractivity contribution in [3.63, 3.8) is 0 Å². The van der Waals surface area contributed by atoms with Gasteiger partial charge in [-0.2, -0.15) is 0 Å². The second-order valence-corrected chi connectivity index (χ2v) is 6.53. The van der Waals surface area contributed by atoms with Crippen molar-refractivity contribution in [3.05, 3.63) is 23.8 Å². The summed E-state index contributed by atoms with van der Waals surface area (Å²) in [6, 6.07) is 6.09. The Hall–Kier alpha value is -1.70. The van der Waals surface area contributed by atoms with Crippen LogP contribution < -0.4 is 10.1 Å². The van der Waals surface area contributed by atoms with E-state index in [9.17, 15) is 0 Å². The first-order valence-electron chi connectivity index (χ1n) is 8.16. The molecule has 0 fully saturated rings. The molecule has 2 atom stereocenters. The van der Waals surface area contributed by atoms with Crippen LogP contribution in [0, 0.1) is 12.3 Å². The van der Waals surface area contributed by atoms with Crippen LogP contribution in [-0.2, 0) is 9.47 Å². The number of hydrogen-bond donors (Lipinski definition) is 1. The zero-order valence-corrected chi connectivity index (χ0v) is 14.7. The number of terminal acetylenes is 1. The van der Waals surface area contributed by atoms with Crippen molar-refractivity contribution in [1.82, 2.24) is 0 Å². The van der Waals surface area contributed by atoms with Gasteiger partial charge in [-0.3, -0.25) is 0 Å². The lowest BCUT2D eigenvalue weighted by Gasteiger charge is -2.44. The number of hydrogen-bond acceptors (Lipinski definition) is 4. The van der Waals surface area contributed by atoms with Gasteiger partial charge in [-0.25, -0.2) is 0 Å². The Bertz CT molecular complexity index is 574. The van der Waals surface area contributed by atoms with Crippen molar-refractivity contribution in [2.24, 2.45) is 0 Å². The van der Waals surface area contributed by atoms with Gasteiger partial charge in [-0.15, -0.1) is 6.42 Å². The number of rotatable bonds is 6. The number of ether oxygens (including phenoxy) is 3. The predicted molar refractivity (Wildman–Crippen MR) is 92.8 cm³/mol. The number of benzene rings is 1. The molecule has 1 aliphatic rings. The summed E-state index contributed by atoms with van der Waals surface area (Å²) in [6.45, 7) is 11.2. The average molecular weight is 317 g/mol. The lowest BCUT2D eigenvalue weighted by Crippen LogP contribution is -2.51. The second-order valence-electron chi connectivity index (χ2n) is 6.53. The first-order valence-corrected chi connectivity index (χ1v) is 8.16. The topological polar surface area (TPSA) is 39.7 Å². The predicted octanol–water partition coefficient (Wildman–Crippen LogP) is 3.77. The van der Waals surface area contributed by atoms with Gasteiger partial charge in [0.2, 0.25) is 0 Å². The summed E-state index contributed by atoms with van der Waals surface area (Å²) in [5, 5.41) is 3.33. The number of anilines is 1. The van der Waals surface area contributed by atoms with E-state index in [0.29, 0.717) is 0 Å². The van der Waals surface area contributed by atoms with Gasteiger partial charge in [0.05, 0.1) is 6.10 Å². The molecular weight excluding hydrogens is 290 g/mol. The molecule has 1 heterocycles. The quantitative estimate of drug-likeness (QED) is 0.811. The molecule has 1 N–H and O–H groups in total. The van der Waals surface area contributed by atoms with E-state index in [1.807, 2.05) is 39.8 Å². The minimum atomic E-state index is -0.525. The standard InChI is InChI=1S/C19H27NO3/c1-7-11-21-18-17(22-13(3)4)15-12-14(20-8-2)9-10-16(15)23-19(18,5)6/h1,9-10,12-13,17-18,20H,8,11H2,2-6H3. The van der Waals surface area contributed by atoms with Crippen molar-refractivity contribution in [2.75, 3.05) is 18.5 Å². The molecule has 1 aromatic rings. The maximum atomic E-state index is 6.19. The van der Waals surface area contributed by atoms with E-state index in [4.69, 9.17) is 20.6 Å². The van der Waals surface area contributed by atoms with Crippen molar-refractivity contribution < 1.29 is 14.2 Å². The van der Waals surface area contributed by atoms with Crippen LogP contribution in [0.1, 0.15) is 46.3 Å². The molecule has 0 spiro atoms. The first kappa shape index (κ1) is 17.7. The molecule has 0 saturated carbocycles. The van der Waals surface area contributed by atoms with Gasteiger partial charge in [0.1, 0.15) is 30.2 Å². The number of fused-ring (bicyclic) bond motifs is 1. The van der Waals surface area contributed by atoms with E-state index in [1.54, 1.807) is 0 Å². The van der Waals surface area contributed by atoms with Crippen LogP contribution in [-0.4, -0.2) is 31.0 Å². The Balaban J connectivity index is 2.44. The van der Waals surface area contributed by atoms with Crippen LogP contribution in [0.25, 0.3) is 0 Å². The molecule has 4 heteroatoms. The molecular formula is C19H27NO3. The maximum absolute atomic E-state index is 6.19. The van der Waals surface area contributed by atoms with E-state index in [-0.39, 0.29) is 24.9 Å². The molecule has 0 saturated heterocycles. The molecule has 0 aromatic heterocycles. The molecule has 2 unspecified atom stereocenters. The summed E-state index contributed by atoms with van der Waals surface area (Å²) in [7, 11) is 0. The lowest BCUT2D eigenvalue weighted by molar-refractivity contribution is -0.167. The van der Waals surface area contributed by atoms with Gasteiger partial charge < -0.3 is 19.5 Å². The van der Waals surface area contributed by atoms with Gasteiger partial charge >= 0.3 is 0 Å². The minimum Gasteiger partial charge on any atom is -0.485 e. The Morgan fingerprint density at radius 3 is 2.74 bits per heavy atom. The monoisotopic (exact) mass is 317 g/mol. The van der Waals surface area contributed by atoms with Gasteiger partial charge in [-0.1, -0.05) is 5.92 Å². The molecule has 0 aliphatic carbocycles. The fraction of sp³-hybridized carbons (Fsp3) is 0.579. The molecule has 1 aromatic carbocycles. The van der Waals surface area contributed by atoms with E-state index in [0.717, 1.165) is 23.5 Å². The van der Waals surface area contributed by atoms with E-state index < -0.39 is 5.60 Å². The summed E-state index contributed by atoms with van der Waals surface area (Å²) in [6.07, 6.45) is 4.95. The van der Waals surface area contributed by atoms with Gasteiger partial charge in [-0.05, 0) is 52.8 Å². The molecule has 1 aliphatic heterocycles. The summed E-state index contributed by atoms with van der Waals surface area (Å²) in [5.74, 6) is 3.37. The zero-order chi connectivity index (χ0) is 17.0. The zero-order valence-electron chi connectivity index (χ0n) is 14.7. The molecule has 2 rings (SSSR count). The summed E-state index contributed by atoms with van der Waals surface area (Å²) in [5.41, 5.74) is 1.52. The highest BCUT2D eigenvalue weighted by molar-refractivity contribution is 5.53. The Morgan fingerprint density at radius 2 is 2.13 bits per heavy atom. The average Bonchev–Trinajstić information content (AvgIpc) is 2.46. The Morgan fingerprint density at radius 1 is 1.39 bits per heavy atom. The van der Waals surface area contributed by atoms with Crippen molar-refractivity contribution >= 4 is 5.69 Å². The molecule has 126 valence electrons. The minimum absolute atomic E-state index is 0.0708. The number of nitrogens with one attached hydrogen (secondary N) is 1. The van der Waals surface area contributed by atoms with Gasteiger partial charge in [0.15, 0.2) is 0 Å². The van der Waals surface area contributed by atoms with Gasteiger partial charge in [0.25, 0.3) is 0 Å². The van der Waals surface area contributed by atoms with E-state index in [2.05, 4.69) is 24.2 Å². The third-order valence-electron chi connectivity index (χ3n) is 3.80. The van der Waals surface area contributed by atoms with Crippen molar-refractivity contribution in [3.8, 4) is 18.1 Å². The van der Waals surface area contributed by atoms with E-state index in [1.165, 1.54) is 0 Å². The first-order chi connectivity index (χ1) is 10.9. The Kier molecular flexibility index (Phi) is 5.56. The lowest BCUT2D eigenvalue weighted by atomic mass is 9.87. The molecule has 0 radical (unpaired) electrons. The molecule has 23 heavy (non-hydrogen) atoms. The molecule has 0 bridgehead atoms. The van der Waals surface area contributed by atoms with Crippen LogP contribution in [0.3, 0.4) is 0 Å². The molecule has 0 amide bonds.